The van der Waals surface area contributed by atoms with Gasteiger partial charge < -0.3 is 20.0 Å². The predicted molar refractivity (Wildman–Crippen MR) is 114 cm³/mol. The minimum Gasteiger partial charge on any atom is -0.347 e. The number of piperazine rings is 1. The summed E-state index contributed by atoms with van der Waals surface area (Å²) in [4.78, 5) is 33.5. The third-order valence-electron chi connectivity index (χ3n) is 4.01. The van der Waals surface area contributed by atoms with Gasteiger partial charge in [-0.1, -0.05) is 23.7 Å². The zero-order chi connectivity index (χ0) is 18.4. The van der Waals surface area contributed by atoms with Crippen LogP contribution in [-0.4, -0.2) is 79.8 Å². The van der Waals surface area contributed by atoms with Crippen LogP contribution in [0.4, 0.5) is 0 Å². The number of nitrogens with zero attached hydrogens (tertiary/aromatic N) is 4. The molecule has 1 saturated heterocycles. The Bertz CT molecular complexity index is 651. The molecule has 1 aromatic rings. The molecule has 1 heterocycles. The van der Waals surface area contributed by atoms with Crippen LogP contribution < -0.4 is 5.32 Å². The molecule has 0 aliphatic carbocycles. The van der Waals surface area contributed by atoms with Gasteiger partial charge >= 0.3 is 0 Å². The van der Waals surface area contributed by atoms with Crippen molar-refractivity contribution >= 4 is 53.4 Å². The van der Waals surface area contributed by atoms with Gasteiger partial charge in [0.1, 0.15) is 0 Å². The average molecular weight is 494 g/mol. The van der Waals surface area contributed by atoms with Crippen molar-refractivity contribution in [1.29, 1.82) is 0 Å². The number of aliphatic imine (C=N–C) groups is 1. The molecule has 0 aromatic heterocycles. The maximum atomic E-state index is 12.4. The van der Waals surface area contributed by atoms with Crippen LogP contribution in [0.25, 0.3) is 0 Å². The third-order valence-corrected chi connectivity index (χ3v) is 4.27. The molecule has 0 atom stereocenters. The lowest BCUT2D eigenvalue weighted by molar-refractivity contribution is -0.135. The van der Waals surface area contributed by atoms with Crippen LogP contribution in [0.3, 0.4) is 0 Å². The van der Waals surface area contributed by atoms with E-state index < -0.39 is 0 Å². The molecule has 1 fully saturated rings. The molecule has 0 saturated carbocycles. The van der Waals surface area contributed by atoms with Crippen LogP contribution >= 0.6 is 35.6 Å². The van der Waals surface area contributed by atoms with E-state index in [-0.39, 0.29) is 48.9 Å². The van der Waals surface area contributed by atoms with Gasteiger partial charge in [0.15, 0.2) is 5.96 Å². The molecule has 9 heteroatoms. The fourth-order valence-electron chi connectivity index (χ4n) is 2.51. The lowest BCUT2D eigenvalue weighted by Gasteiger charge is -2.36. The van der Waals surface area contributed by atoms with Crippen molar-refractivity contribution in [3.05, 3.63) is 34.9 Å². The molecule has 0 spiro atoms. The summed E-state index contributed by atoms with van der Waals surface area (Å²) >= 11 is 5.89. The number of amides is 2. The van der Waals surface area contributed by atoms with Crippen molar-refractivity contribution in [2.75, 3.05) is 47.3 Å². The number of benzene rings is 1. The van der Waals surface area contributed by atoms with Crippen LogP contribution in [0.2, 0.25) is 5.02 Å². The monoisotopic (exact) mass is 493 g/mol. The molecule has 26 heavy (non-hydrogen) atoms. The van der Waals surface area contributed by atoms with E-state index in [2.05, 4.69) is 10.3 Å². The van der Waals surface area contributed by atoms with E-state index >= 15 is 0 Å². The number of hydrogen-bond donors (Lipinski definition) is 1. The second kappa shape index (κ2) is 10.6. The molecule has 2 rings (SSSR count). The first-order chi connectivity index (χ1) is 11.9. The Hall–Kier alpha value is -1.55. The average Bonchev–Trinajstić information content (AvgIpc) is 2.59. The van der Waals surface area contributed by atoms with Gasteiger partial charge in [0.25, 0.3) is 0 Å². The van der Waals surface area contributed by atoms with Crippen molar-refractivity contribution < 1.29 is 9.59 Å². The van der Waals surface area contributed by atoms with Crippen LogP contribution in [0.15, 0.2) is 29.3 Å². The standard InChI is InChI=1S/C17H24ClN5O2.HI/c1-19-17(20-10-15(24)21(2)3)23-9-8-22(16(25)12-23)11-13-4-6-14(18)7-5-13;/h4-7H,8-12H2,1-3H3,(H,19,20);1H. The third kappa shape index (κ3) is 6.31. The Morgan fingerprint density at radius 3 is 2.46 bits per heavy atom. The van der Waals surface area contributed by atoms with E-state index in [4.69, 9.17) is 11.6 Å². The molecule has 144 valence electrons. The van der Waals surface area contributed by atoms with Crippen molar-refractivity contribution in [2.45, 2.75) is 6.54 Å². The Balaban J connectivity index is 0.00000338. The van der Waals surface area contributed by atoms with E-state index in [0.29, 0.717) is 30.6 Å². The summed E-state index contributed by atoms with van der Waals surface area (Å²) < 4.78 is 0. The zero-order valence-corrected chi connectivity index (χ0v) is 18.3. The molecule has 1 aliphatic rings. The summed E-state index contributed by atoms with van der Waals surface area (Å²) in [5, 5.41) is 3.69. The van der Waals surface area contributed by atoms with E-state index in [1.807, 2.05) is 34.1 Å². The van der Waals surface area contributed by atoms with Gasteiger partial charge in [-0.05, 0) is 17.7 Å². The molecule has 0 radical (unpaired) electrons. The van der Waals surface area contributed by atoms with E-state index in [1.54, 1.807) is 21.1 Å². The van der Waals surface area contributed by atoms with Gasteiger partial charge in [-0.3, -0.25) is 14.6 Å². The molecule has 1 aliphatic heterocycles. The Morgan fingerprint density at radius 1 is 1.27 bits per heavy atom. The highest BCUT2D eigenvalue weighted by molar-refractivity contribution is 14.0. The number of likely N-dealkylation sites (N-methyl/N-ethyl adjacent to an activating group) is 1. The van der Waals surface area contributed by atoms with Crippen LogP contribution in [0, 0.1) is 0 Å². The van der Waals surface area contributed by atoms with Gasteiger partial charge in [0.05, 0.1) is 13.1 Å². The lowest BCUT2D eigenvalue weighted by Crippen LogP contribution is -2.55. The molecule has 0 unspecified atom stereocenters. The molecule has 1 aromatic carbocycles. The van der Waals surface area contributed by atoms with Crippen LogP contribution in [0.1, 0.15) is 5.56 Å². The van der Waals surface area contributed by atoms with Crippen LogP contribution in [-0.2, 0) is 16.1 Å². The largest absolute Gasteiger partial charge is 0.347 e. The summed E-state index contributed by atoms with van der Waals surface area (Å²) in [6, 6.07) is 7.50. The topological polar surface area (TPSA) is 68.2 Å². The minimum absolute atomic E-state index is 0. The lowest BCUT2D eigenvalue weighted by atomic mass is 10.2. The maximum Gasteiger partial charge on any atom is 0.242 e. The predicted octanol–water partition coefficient (Wildman–Crippen LogP) is 1.27. The molecular weight excluding hydrogens is 469 g/mol. The molecule has 0 bridgehead atoms. The van der Waals surface area contributed by atoms with Crippen LogP contribution in [0.5, 0.6) is 0 Å². The highest BCUT2D eigenvalue weighted by atomic mass is 127. The van der Waals surface area contributed by atoms with Crippen molar-refractivity contribution in [2.24, 2.45) is 4.99 Å². The van der Waals surface area contributed by atoms with Gasteiger partial charge in [0, 0.05) is 45.8 Å². The Morgan fingerprint density at radius 2 is 1.92 bits per heavy atom. The fraction of sp³-hybridized carbons (Fsp3) is 0.471. The molecule has 7 nitrogen and oxygen atoms in total. The summed E-state index contributed by atoms with van der Waals surface area (Å²) in [6.07, 6.45) is 0. The first kappa shape index (κ1) is 22.5. The molecule has 1 N–H and O–H groups in total. The molecule has 2 amide bonds. The normalized spacial score (nSPS) is 14.8. The number of halogens is 2. The Kier molecular flexibility index (Phi) is 9.14. The van der Waals surface area contributed by atoms with E-state index in [9.17, 15) is 9.59 Å². The van der Waals surface area contributed by atoms with Gasteiger partial charge in [-0.25, -0.2) is 0 Å². The smallest absolute Gasteiger partial charge is 0.242 e. The quantitative estimate of drug-likeness (QED) is 0.390. The summed E-state index contributed by atoms with van der Waals surface area (Å²) in [5.74, 6) is 0.548. The number of nitrogens with one attached hydrogen (secondary N) is 1. The zero-order valence-electron chi connectivity index (χ0n) is 15.2. The second-order valence-electron chi connectivity index (χ2n) is 6.05. The van der Waals surface area contributed by atoms with Gasteiger partial charge in [0.2, 0.25) is 11.8 Å². The van der Waals surface area contributed by atoms with E-state index in [1.165, 1.54) is 4.90 Å². The number of hydrogen-bond acceptors (Lipinski definition) is 3. The summed E-state index contributed by atoms with van der Waals surface area (Å²) in [7, 11) is 5.05. The summed E-state index contributed by atoms with van der Waals surface area (Å²) in [6.45, 7) is 2.22. The van der Waals surface area contributed by atoms with Crippen molar-refractivity contribution in [3.8, 4) is 0 Å². The number of rotatable bonds is 4. The van der Waals surface area contributed by atoms with Crippen molar-refractivity contribution in [1.82, 2.24) is 20.0 Å². The minimum atomic E-state index is -0.0474. The number of carbonyl (C=O) groups excluding carboxylic acids is 2. The maximum absolute atomic E-state index is 12.4. The Labute approximate surface area is 176 Å². The van der Waals surface area contributed by atoms with Gasteiger partial charge in [-0.15, -0.1) is 24.0 Å². The van der Waals surface area contributed by atoms with Crippen molar-refractivity contribution in [3.63, 3.8) is 0 Å². The number of guanidine groups is 1. The number of carbonyl (C=O) groups is 2. The SMILES string of the molecule is CN=C(NCC(=O)N(C)C)N1CCN(Cc2ccc(Cl)cc2)C(=O)C1.I. The first-order valence-electron chi connectivity index (χ1n) is 8.08. The molecular formula is C17H25ClIN5O2. The fourth-order valence-corrected chi connectivity index (χ4v) is 2.64. The summed E-state index contributed by atoms with van der Waals surface area (Å²) in [5.41, 5.74) is 1.05. The highest BCUT2D eigenvalue weighted by Gasteiger charge is 2.26. The van der Waals surface area contributed by atoms with Gasteiger partial charge in [-0.2, -0.15) is 0 Å². The first-order valence-corrected chi connectivity index (χ1v) is 8.46. The highest BCUT2D eigenvalue weighted by Crippen LogP contribution is 2.13. The van der Waals surface area contributed by atoms with E-state index in [0.717, 1.165) is 5.56 Å². The second-order valence-corrected chi connectivity index (χ2v) is 6.49.